The van der Waals surface area contributed by atoms with Crippen LogP contribution in [0, 0.1) is 11.8 Å². The molecule has 0 aliphatic carbocycles. The van der Waals surface area contributed by atoms with E-state index in [-0.39, 0.29) is 11.9 Å². The number of thiophene rings is 1. The Kier molecular flexibility index (Phi) is 11.9. The Morgan fingerprint density at radius 3 is 2.57 bits per heavy atom. The third-order valence-corrected chi connectivity index (χ3v) is 8.61. The van der Waals surface area contributed by atoms with Gasteiger partial charge in [0.05, 0.1) is 13.0 Å². The highest BCUT2D eigenvalue weighted by Gasteiger charge is 2.26. The van der Waals surface area contributed by atoms with E-state index >= 15 is 0 Å². The van der Waals surface area contributed by atoms with Crippen molar-refractivity contribution in [3.05, 3.63) is 56.2 Å². The predicted molar refractivity (Wildman–Crippen MR) is 149 cm³/mol. The second-order valence-electron chi connectivity index (χ2n) is 10.0. The molecule has 1 aromatic carbocycles. The maximum Gasteiger partial charge on any atom is 0.308 e. The highest BCUT2D eigenvalue weighted by Crippen LogP contribution is 2.31. The van der Waals surface area contributed by atoms with Gasteiger partial charge in [-0.3, -0.25) is 9.69 Å². The van der Waals surface area contributed by atoms with Crippen molar-refractivity contribution in [3.8, 4) is 0 Å². The largest absolute Gasteiger partial charge is 0.469 e. The van der Waals surface area contributed by atoms with Crippen molar-refractivity contribution >= 4 is 40.5 Å². The van der Waals surface area contributed by atoms with Crippen LogP contribution in [0.3, 0.4) is 0 Å². The zero-order chi connectivity index (χ0) is 25.2. The molecule has 35 heavy (non-hydrogen) atoms. The van der Waals surface area contributed by atoms with Gasteiger partial charge in [0.2, 0.25) is 0 Å². The minimum atomic E-state index is -0.0132. The number of hydrogen-bond donors (Lipinski definition) is 0. The fourth-order valence-electron chi connectivity index (χ4n) is 5.19. The molecule has 2 fully saturated rings. The zero-order valence-electron chi connectivity index (χ0n) is 21.3. The van der Waals surface area contributed by atoms with Crippen LogP contribution in [0.5, 0.6) is 0 Å². The average Bonchev–Trinajstić information content (AvgIpc) is 3.54. The van der Waals surface area contributed by atoms with Gasteiger partial charge in [0, 0.05) is 23.1 Å². The second-order valence-corrected chi connectivity index (χ2v) is 11.6. The zero-order valence-corrected chi connectivity index (χ0v) is 23.7. The molecular weight excluding hydrogens is 499 g/mol. The number of methoxy groups -OCH3 is 1. The van der Waals surface area contributed by atoms with E-state index in [4.69, 9.17) is 27.9 Å². The lowest BCUT2D eigenvalue weighted by Crippen LogP contribution is -2.32. The molecule has 4 nitrogen and oxygen atoms in total. The molecule has 1 aromatic heterocycles. The van der Waals surface area contributed by atoms with Gasteiger partial charge in [-0.25, -0.2) is 0 Å². The van der Waals surface area contributed by atoms with Crippen molar-refractivity contribution in [2.75, 3.05) is 40.3 Å². The number of carbonyl (C=O) groups is 1. The van der Waals surface area contributed by atoms with Crippen molar-refractivity contribution < 1.29 is 9.53 Å². The standard InChI is InChI=1S/C15H15Cl2NS.C13H25NO2/c16-14-2-1-12(15(17)7-14)9-18-5-3-11(8-18)13-4-6-19-10-13;1-4-5-12(13(15)16-3)10-11-6-8-14(2)9-7-11/h1-2,4,6-7,10-11H,3,5,8-9H2;11-12H,4-10H2,1-3H3/t11-;/m1./s1. The Balaban J connectivity index is 0.000000199. The molecule has 2 aliphatic heterocycles. The molecule has 0 bridgehead atoms. The maximum atomic E-state index is 11.6. The normalized spacial score (nSPS) is 20.3. The van der Waals surface area contributed by atoms with Crippen LogP contribution in [0.4, 0.5) is 0 Å². The molecule has 1 unspecified atom stereocenters. The van der Waals surface area contributed by atoms with Crippen LogP contribution in [0.2, 0.25) is 10.0 Å². The lowest BCUT2D eigenvalue weighted by atomic mass is 9.85. The fourth-order valence-corrected chi connectivity index (χ4v) is 6.40. The number of piperidine rings is 1. The Labute approximate surface area is 225 Å². The predicted octanol–water partition coefficient (Wildman–Crippen LogP) is 7.35. The molecule has 2 saturated heterocycles. The van der Waals surface area contributed by atoms with Gasteiger partial charge in [-0.1, -0.05) is 42.6 Å². The number of rotatable bonds is 8. The number of ether oxygens (including phenoxy) is 1. The van der Waals surface area contributed by atoms with Crippen molar-refractivity contribution in [3.63, 3.8) is 0 Å². The van der Waals surface area contributed by atoms with Crippen LogP contribution in [0.1, 0.15) is 62.5 Å². The summed E-state index contributed by atoms with van der Waals surface area (Å²) >= 11 is 13.9. The Bertz CT molecular complexity index is 900. The second kappa shape index (κ2) is 14.6. The van der Waals surface area contributed by atoms with Crippen LogP contribution < -0.4 is 0 Å². The number of hydrogen-bond acceptors (Lipinski definition) is 5. The van der Waals surface area contributed by atoms with E-state index in [9.17, 15) is 4.79 Å². The Morgan fingerprint density at radius 1 is 1.17 bits per heavy atom. The van der Waals surface area contributed by atoms with Gasteiger partial charge in [0.1, 0.15) is 0 Å². The Morgan fingerprint density at radius 2 is 1.94 bits per heavy atom. The molecule has 2 aliphatic rings. The molecule has 0 saturated carbocycles. The summed E-state index contributed by atoms with van der Waals surface area (Å²) in [6.45, 7) is 7.64. The maximum absolute atomic E-state index is 11.6. The smallest absolute Gasteiger partial charge is 0.308 e. The number of halogens is 2. The summed E-state index contributed by atoms with van der Waals surface area (Å²) in [5.41, 5.74) is 2.65. The molecule has 194 valence electrons. The summed E-state index contributed by atoms with van der Waals surface area (Å²) in [6.07, 6.45) is 6.75. The van der Waals surface area contributed by atoms with E-state index < -0.39 is 0 Å². The molecule has 4 rings (SSSR count). The van der Waals surface area contributed by atoms with E-state index in [1.165, 1.54) is 45.0 Å². The third-order valence-electron chi connectivity index (χ3n) is 7.32. The van der Waals surface area contributed by atoms with Gasteiger partial charge in [-0.05, 0) is 111 Å². The van der Waals surface area contributed by atoms with Gasteiger partial charge in [0.25, 0.3) is 0 Å². The number of benzene rings is 1. The van der Waals surface area contributed by atoms with Crippen LogP contribution in [-0.2, 0) is 16.1 Å². The minimum Gasteiger partial charge on any atom is -0.469 e. The molecule has 7 heteroatoms. The van der Waals surface area contributed by atoms with Crippen molar-refractivity contribution in [2.45, 2.75) is 57.9 Å². The fraction of sp³-hybridized carbons (Fsp3) is 0.607. The topological polar surface area (TPSA) is 32.8 Å². The molecule has 0 spiro atoms. The first-order valence-corrected chi connectivity index (χ1v) is 14.5. The van der Waals surface area contributed by atoms with Crippen LogP contribution >= 0.6 is 34.5 Å². The Hall–Kier alpha value is -1.11. The van der Waals surface area contributed by atoms with E-state index in [2.05, 4.69) is 40.6 Å². The minimum absolute atomic E-state index is 0.0132. The summed E-state index contributed by atoms with van der Waals surface area (Å²) in [4.78, 5) is 16.4. The van der Waals surface area contributed by atoms with Gasteiger partial charge in [-0.15, -0.1) is 0 Å². The first-order valence-electron chi connectivity index (χ1n) is 12.8. The average molecular weight is 540 g/mol. The monoisotopic (exact) mass is 538 g/mol. The molecule has 3 heterocycles. The van der Waals surface area contributed by atoms with E-state index in [1.54, 1.807) is 11.3 Å². The summed E-state index contributed by atoms with van der Waals surface area (Å²) in [6, 6.07) is 8.01. The van der Waals surface area contributed by atoms with Gasteiger partial charge in [0.15, 0.2) is 0 Å². The van der Waals surface area contributed by atoms with E-state index in [0.717, 1.165) is 49.5 Å². The first kappa shape index (κ1) is 28.5. The number of likely N-dealkylation sites (tertiary alicyclic amines) is 2. The lowest BCUT2D eigenvalue weighted by Gasteiger charge is -2.30. The summed E-state index contributed by atoms with van der Waals surface area (Å²) < 4.78 is 4.88. The highest BCUT2D eigenvalue weighted by atomic mass is 35.5. The lowest BCUT2D eigenvalue weighted by molar-refractivity contribution is -0.146. The summed E-state index contributed by atoms with van der Waals surface area (Å²) in [5, 5.41) is 5.90. The highest BCUT2D eigenvalue weighted by molar-refractivity contribution is 7.08. The number of nitrogens with zero attached hydrogens (tertiary/aromatic N) is 2. The van der Waals surface area contributed by atoms with Crippen molar-refractivity contribution in [2.24, 2.45) is 11.8 Å². The van der Waals surface area contributed by atoms with Crippen LogP contribution in [0.25, 0.3) is 0 Å². The summed E-state index contributed by atoms with van der Waals surface area (Å²) in [7, 11) is 3.67. The summed E-state index contributed by atoms with van der Waals surface area (Å²) in [5.74, 6) is 1.51. The van der Waals surface area contributed by atoms with Crippen LogP contribution in [0.15, 0.2) is 35.0 Å². The SMILES string of the molecule is CCCC(CC1CCN(C)CC1)C(=O)OC.Clc1ccc(CN2CC[C@@H](c3ccsc3)C2)c(Cl)c1. The van der Waals surface area contributed by atoms with Crippen molar-refractivity contribution in [1.29, 1.82) is 0 Å². The van der Waals surface area contributed by atoms with E-state index in [1.807, 2.05) is 18.2 Å². The number of carbonyl (C=O) groups excluding carboxylic acids is 1. The van der Waals surface area contributed by atoms with Gasteiger partial charge >= 0.3 is 5.97 Å². The molecule has 2 aromatic rings. The van der Waals surface area contributed by atoms with Gasteiger partial charge in [-0.2, -0.15) is 11.3 Å². The van der Waals surface area contributed by atoms with E-state index in [0.29, 0.717) is 16.9 Å². The quantitative estimate of drug-likeness (QED) is 0.329. The van der Waals surface area contributed by atoms with Crippen LogP contribution in [-0.4, -0.2) is 56.1 Å². The number of esters is 1. The molecule has 0 radical (unpaired) electrons. The third kappa shape index (κ3) is 9.05. The first-order chi connectivity index (χ1) is 16.9. The molecule has 2 atom stereocenters. The molecule has 0 amide bonds. The van der Waals surface area contributed by atoms with Crippen molar-refractivity contribution in [1.82, 2.24) is 9.80 Å². The van der Waals surface area contributed by atoms with Gasteiger partial charge < -0.3 is 9.64 Å². The molecular formula is C28H40Cl2N2O2S. The molecule has 0 N–H and O–H groups in total.